The molecule has 30 heavy (non-hydrogen) atoms. The number of esters is 1. The summed E-state index contributed by atoms with van der Waals surface area (Å²) >= 11 is 0. The maximum atomic E-state index is 12.3. The van der Waals surface area contributed by atoms with E-state index >= 15 is 0 Å². The Balaban J connectivity index is 1.25. The molecule has 152 valence electrons. The standard InChI is InChI=1S/C22H19N3O5/c1-14-7-2-3-8-15(14)20-23-18(30-24-20)13-29-19(26)11-6-12-25-21(27)16-9-4-5-10-17(16)22(25)28/h2-5,7-10H,6,11-13H2,1H3. The average molecular weight is 405 g/mol. The second kappa shape index (κ2) is 8.28. The van der Waals surface area contributed by atoms with E-state index in [-0.39, 0.29) is 37.3 Å². The Morgan fingerprint density at radius 2 is 1.63 bits per heavy atom. The van der Waals surface area contributed by atoms with Crippen molar-refractivity contribution in [2.75, 3.05) is 6.54 Å². The molecule has 2 aromatic carbocycles. The molecule has 2 heterocycles. The fourth-order valence-electron chi connectivity index (χ4n) is 3.28. The number of amides is 2. The minimum Gasteiger partial charge on any atom is -0.456 e. The van der Waals surface area contributed by atoms with E-state index in [0.29, 0.717) is 23.4 Å². The number of imide groups is 1. The Labute approximate surface area is 172 Å². The van der Waals surface area contributed by atoms with E-state index in [1.165, 1.54) is 0 Å². The van der Waals surface area contributed by atoms with Crippen LogP contribution in [0.3, 0.4) is 0 Å². The lowest BCUT2D eigenvalue weighted by Crippen LogP contribution is -2.31. The van der Waals surface area contributed by atoms with Gasteiger partial charge in [-0.15, -0.1) is 0 Å². The number of carbonyl (C=O) groups is 3. The fraction of sp³-hybridized carbons (Fsp3) is 0.227. The van der Waals surface area contributed by atoms with Crippen molar-refractivity contribution in [3.8, 4) is 11.4 Å². The van der Waals surface area contributed by atoms with Crippen LogP contribution in [0.25, 0.3) is 11.4 Å². The molecule has 0 atom stereocenters. The summed E-state index contributed by atoms with van der Waals surface area (Å²) in [6, 6.07) is 14.3. The van der Waals surface area contributed by atoms with Crippen molar-refractivity contribution in [3.05, 3.63) is 71.1 Å². The molecule has 0 unspecified atom stereocenters. The molecule has 8 nitrogen and oxygen atoms in total. The topological polar surface area (TPSA) is 103 Å². The molecule has 2 amide bonds. The Morgan fingerprint density at radius 1 is 1.00 bits per heavy atom. The molecule has 1 aliphatic heterocycles. The number of hydrogen-bond donors (Lipinski definition) is 0. The van der Waals surface area contributed by atoms with Crippen LogP contribution in [0.4, 0.5) is 0 Å². The van der Waals surface area contributed by atoms with Crippen molar-refractivity contribution in [1.29, 1.82) is 0 Å². The molecule has 4 rings (SSSR count). The van der Waals surface area contributed by atoms with Gasteiger partial charge in [-0.05, 0) is 31.0 Å². The predicted molar refractivity (Wildman–Crippen MR) is 105 cm³/mol. The molecule has 0 saturated carbocycles. The first kappa shape index (κ1) is 19.5. The largest absolute Gasteiger partial charge is 0.456 e. The van der Waals surface area contributed by atoms with Crippen molar-refractivity contribution >= 4 is 17.8 Å². The zero-order valence-corrected chi connectivity index (χ0v) is 16.3. The Kier molecular flexibility index (Phi) is 5.38. The van der Waals surface area contributed by atoms with Gasteiger partial charge in [-0.1, -0.05) is 41.6 Å². The molecule has 0 aliphatic carbocycles. The molecule has 8 heteroatoms. The molecule has 0 spiro atoms. The van der Waals surface area contributed by atoms with E-state index in [4.69, 9.17) is 9.26 Å². The van der Waals surface area contributed by atoms with Crippen molar-refractivity contribution in [1.82, 2.24) is 15.0 Å². The monoisotopic (exact) mass is 405 g/mol. The first-order chi connectivity index (χ1) is 14.5. The number of hydrogen-bond acceptors (Lipinski definition) is 7. The van der Waals surface area contributed by atoms with Crippen LogP contribution in [0.15, 0.2) is 53.1 Å². The van der Waals surface area contributed by atoms with Gasteiger partial charge in [0.2, 0.25) is 5.82 Å². The predicted octanol–water partition coefficient (Wildman–Crippen LogP) is 3.16. The molecule has 0 bridgehead atoms. The van der Waals surface area contributed by atoms with E-state index in [9.17, 15) is 14.4 Å². The molecule has 0 fully saturated rings. The number of aromatic nitrogens is 2. The second-order valence-corrected chi connectivity index (χ2v) is 6.90. The van der Waals surface area contributed by atoms with Crippen molar-refractivity contribution < 1.29 is 23.6 Å². The number of benzene rings is 2. The van der Waals surface area contributed by atoms with Gasteiger partial charge in [0.15, 0.2) is 6.61 Å². The van der Waals surface area contributed by atoms with Gasteiger partial charge >= 0.3 is 5.97 Å². The van der Waals surface area contributed by atoms with Gasteiger partial charge < -0.3 is 9.26 Å². The van der Waals surface area contributed by atoms with E-state index in [1.54, 1.807) is 24.3 Å². The number of carbonyl (C=O) groups excluding carboxylic acids is 3. The van der Waals surface area contributed by atoms with Crippen LogP contribution in [0.1, 0.15) is 45.0 Å². The number of aryl methyl sites for hydroxylation is 1. The zero-order valence-electron chi connectivity index (χ0n) is 16.3. The van der Waals surface area contributed by atoms with Crippen LogP contribution < -0.4 is 0 Å². The van der Waals surface area contributed by atoms with Gasteiger partial charge in [0.25, 0.3) is 17.7 Å². The summed E-state index contributed by atoms with van der Waals surface area (Å²) in [5.41, 5.74) is 2.65. The number of ether oxygens (including phenoxy) is 1. The first-order valence-electron chi connectivity index (χ1n) is 9.54. The normalized spacial score (nSPS) is 12.9. The minimum absolute atomic E-state index is 0.0617. The first-order valence-corrected chi connectivity index (χ1v) is 9.54. The fourth-order valence-corrected chi connectivity index (χ4v) is 3.28. The lowest BCUT2D eigenvalue weighted by molar-refractivity contribution is -0.145. The van der Waals surface area contributed by atoms with Crippen LogP contribution in [0.5, 0.6) is 0 Å². The molecular formula is C22H19N3O5. The SMILES string of the molecule is Cc1ccccc1-c1noc(COC(=O)CCCN2C(=O)c3ccccc3C2=O)n1. The average Bonchev–Trinajstić information content (AvgIpc) is 3.32. The van der Waals surface area contributed by atoms with Crippen LogP contribution >= 0.6 is 0 Å². The highest BCUT2D eigenvalue weighted by molar-refractivity contribution is 6.21. The minimum atomic E-state index is -0.470. The third-order valence-electron chi connectivity index (χ3n) is 4.85. The summed E-state index contributed by atoms with van der Waals surface area (Å²) in [6.45, 7) is 1.96. The lowest BCUT2D eigenvalue weighted by Gasteiger charge is -2.13. The van der Waals surface area contributed by atoms with Crippen LogP contribution in [-0.2, 0) is 16.1 Å². The summed E-state index contributed by atoms with van der Waals surface area (Å²) in [6.07, 6.45) is 0.370. The number of rotatable bonds is 7. The third-order valence-corrected chi connectivity index (χ3v) is 4.85. The van der Waals surface area contributed by atoms with Gasteiger partial charge in [-0.25, -0.2) is 0 Å². The quantitative estimate of drug-likeness (QED) is 0.439. The Morgan fingerprint density at radius 3 is 2.30 bits per heavy atom. The third kappa shape index (κ3) is 3.84. The molecule has 1 aromatic heterocycles. The van der Waals surface area contributed by atoms with Gasteiger partial charge in [0.05, 0.1) is 11.1 Å². The summed E-state index contributed by atoms with van der Waals surface area (Å²) in [4.78, 5) is 42.0. The van der Waals surface area contributed by atoms with Crippen molar-refractivity contribution in [2.24, 2.45) is 0 Å². The highest BCUT2D eigenvalue weighted by atomic mass is 16.6. The summed E-state index contributed by atoms with van der Waals surface area (Å²) in [5, 5.41) is 3.92. The molecular weight excluding hydrogens is 386 g/mol. The van der Waals surface area contributed by atoms with Crippen molar-refractivity contribution in [3.63, 3.8) is 0 Å². The highest BCUT2D eigenvalue weighted by Gasteiger charge is 2.34. The zero-order chi connectivity index (χ0) is 21.1. The maximum Gasteiger partial charge on any atom is 0.306 e. The van der Waals surface area contributed by atoms with Gasteiger partial charge in [0.1, 0.15) is 0 Å². The van der Waals surface area contributed by atoms with E-state index in [2.05, 4.69) is 10.1 Å². The molecule has 1 aliphatic rings. The lowest BCUT2D eigenvalue weighted by atomic mass is 10.1. The molecule has 3 aromatic rings. The van der Waals surface area contributed by atoms with Crippen LogP contribution in [-0.4, -0.2) is 39.4 Å². The number of fused-ring (bicyclic) bond motifs is 1. The maximum absolute atomic E-state index is 12.3. The van der Waals surface area contributed by atoms with Gasteiger partial charge in [-0.2, -0.15) is 4.98 Å². The highest BCUT2D eigenvalue weighted by Crippen LogP contribution is 2.23. The van der Waals surface area contributed by atoms with Crippen molar-refractivity contribution in [2.45, 2.75) is 26.4 Å². The van der Waals surface area contributed by atoms with Crippen LogP contribution in [0.2, 0.25) is 0 Å². The van der Waals surface area contributed by atoms with E-state index in [0.717, 1.165) is 16.0 Å². The molecule has 0 N–H and O–H groups in total. The summed E-state index contributed by atoms with van der Waals surface area (Å²) < 4.78 is 10.3. The smallest absolute Gasteiger partial charge is 0.306 e. The molecule has 0 radical (unpaired) electrons. The van der Waals surface area contributed by atoms with Crippen LogP contribution in [0, 0.1) is 6.92 Å². The summed E-state index contributed by atoms with van der Waals surface area (Å²) in [5.74, 6) is -0.508. The van der Waals surface area contributed by atoms with E-state index in [1.807, 2.05) is 31.2 Å². The number of nitrogens with zero attached hydrogens (tertiary/aromatic N) is 3. The van der Waals surface area contributed by atoms with Gasteiger partial charge in [0, 0.05) is 18.5 Å². The summed E-state index contributed by atoms with van der Waals surface area (Å²) in [7, 11) is 0. The van der Waals surface area contributed by atoms with E-state index < -0.39 is 5.97 Å². The van der Waals surface area contributed by atoms with Gasteiger partial charge in [-0.3, -0.25) is 19.3 Å². The molecule has 0 saturated heterocycles. The Hall–Kier alpha value is -3.81. The second-order valence-electron chi connectivity index (χ2n) is 6.90. The Bertz CT molecular complexity index is 1090.